The molecule has 0 aromatic carbocycles. The molecule has 0 aromatic rings. The van der Waals surface area contributed by atoms with Crippen LogP contribution in [0, 0.1) is 11.8 Å². The van der Waals surface area contributed by atoms with Crippen molar-refractivity contribution in [1.82, 2.24) is 5.32 Å². The van der Waals surface area contributed by atoms with Gasteiger partial charge in [-0.1, -0.05) is 6.42 Å². The van der Waals surface area contributed by atoms with Crippen molar-refractivity contribution in [3.63, 3.8) is 0 Å². The van der Waals surface area contributed by atoms with Crippen LogP contribution in [0.3, 0.4) is 0 Å². The topological polar surface area (TPSA) is 92.7 Å². The molecule has 0 bridgehead atoms. The lowest BCUT2D eigenvalue weighted by Crippen LogP contribution is -2.41. The van der Waals surface area contributed by atoms with E-state index in [0.717, 1.165) is 12.8 Å². The Morgan fingerprint density at radius 3 is 2.82 bits per heavy atom. The Kier molecular flexibility index (Phi) is 4.93. The van der Waals surface area contributed by atoms with Crippen molar-refractivity contribution in [1.29, 1.82) is 0 Å². The van der Waals surface area contributed by atoms with Crippen LogP contribution in [-0.4, -0.2) is 36.1 Å². The maximum Gasteiger partial charge on any atom is 0.321 e. The highest BCUT2D eigenvalue weighted by Crippen LogP contribution is 2.23. The summed E-state index contributed by atoms with van der Waals surface area (Å²) in [7, 11) is 0. The maximum atomic E-state index is 11.7. The van der Waals surface area contributed by atoms with Gasteiger partial charge < -0.3 is 15.2 Å². The molecule has 1 aliphatic rings. The van der Waals surface area contributed by atoms with Crippen molar-refractivity contribution >= 4 is 17.8 Å². The fraction of sp³-hybridized carbons (Fsp3) is 0.727. The van der Waals surface area contributed by atoms with E-state index in [1.165, 1.54) is 0 Å². The van der Waals surface area contributed by atoms with Gasteiger partial charge in [-0.25, -0.2) is 0 Å². The summed E-state index contributed by atoms with van der Waals surface area (Å²) in [5, 5.41) is 11.7. The lowest BCUT2D eigenvalue weighted by atomic mass is 9.88. The summed E-state index contributed by atoms with van der Waals surface area (Å²) in [5.74, 6) is -4.72. The number of amides is 1. The van der Waals surface area contributed by atoms with E-state index in [1.54, 1.807) is 6.92 Å². The van der Waals surface area contributed by atoms with Gasteiger partial charge in [-0.15, -0.1) is 0 Å². The first-order valence-corrected chi connectivity index (χ1v) is 5.75. The van der Waals surface area contributed by atoms with Gasteiger partial charge in [0.15, 0.2) is 5.92 Å². The summed E-state index contributed by atoms with van der Waals surface area (Å²) >= 11 is 0. The van der Waals surface area contributed by atoms with E-state index in [1.807, 2.05) is 0 Å². The first kappa shape index (κ1) is 13.5. The Hall–Kier alpha value is -1.59. The average molecular weight is 243 g/mol. The largest absolute Gasteiger partial charge is 0.481 e. The summed E-state index contributed by atoms with van der Waals surface area (Å²) in [6, 6.07) is 0. The van der Waals surface area contributed by atoms with Gasteiger partial charge in [-0.05, 0) is 19.8 Å². The molecule has 96 valence electrons. The molecule has 0 spiro atoms. The summed E-state index contributed by atoms with van der Waals surface area (Å²) in [5.41, 5.74) is 0. The van der Waals surface area contributed by atoms with Gasteiger partial charge >= 0.3 is 11.9 Å². The molecule has 17 heavy (non-hydrogen) atoms. The minimum absolute atomic E-state index is 0.108. The van der Waals surface area contributed by atoms with Crippen molar-refractivity contribution in [2.75, 3.05) is 13.2 Å². The Balaban J connectivity index is 2.84. The molecular formula is C11H17NO5. The summed E-state index contributed by atoms with van der Waals surface area (Å²) in [4.78, 5) is 34.3. The highest BCUT2D eigenvalue weighted by atomic mass is 16.5. The van der Waals surface area contributed by atoms with Crippen LogP contribution in [0.15, 0.2) is 0 Å². The normalized spacial score (nSPS) is 22.2. The summed E-state index contributed by atoms with van der Waals surface area (Å²) in [6.45, 7) is 2.24. The number of hydrogen-bond acceptors (Lipinski definition) is 4. The minimum atomic E-state index is -1.40. The third kappa shape index (κ3) is 3.44. The molecule has 0 saturated carbocycles. The maximum absolute atomic E-state index is 11.7. The van der Waals surface area contributed by atoms with E-state index in [9.17, 15) is 14.4 Å². The zero-order chi connectivity index (χ0) is 12.8. The Bertz CT molecular complexity index is 315. The number of carbonyl (C=O) groups is 3. The van der Waals surface area contributed by atoms with Gasteiger partial charge in [0.05, 0.1) is 12.5 Å². The van der Waals surface area contributed by atoms with E-state index in [2.05, 4.69) is 5.32 Å². The highest BCUT2D eigenvalue weighted by Gasteiger charge is 2.40. The molecule has 1 amide bonds. The number of carbonyl (C=O) groups excluding carboxylic acids is 2. The molecule has 0 radical (unpaired) electrons. The van der Waals surface area contributed by atoms with Crippen LogP contribution in [0.1, 0.15) is 26.2 Å². The van der Waals surface area contributed by atoms with E-state index in [-0.39, 0.29) is 12.5 Å². The van der Waals surface area contributed by atoms with Crippen molar-refractivity contribution in [3.8, 4) is 0 Å². The molecule has 0 aromatic heterocycles. The first-order chi connectivity index (χ1) is 8.07. The van der Waals surface area contributed by atoms with Crippen molar-refractivity contribution < 1.29 is 24.2 Å². The number of rotatable bonds is 4. The number of ether oxygens (including phenoxy) is 1. The zero-order valence-electron chi connectivity index (χ0n) is 9.77. The van der Waals surface area contributed by atoms with Crippen LogP contribution >= 0.6 is 0 Å². The van der Waals surface area contributed by atoms with Gasteiger partial charge in [0.1, 0.15) is 0 Å². The second-order valence-corrected chi connectivity index (χ2v) is 3.96. The Morgan fingerprint density at radius 1 is 1.53 bits per heavy atom. The third-order valence-electron chi connectivity index (χ3n) is 2.79. The van der Waals surface area contributed by atoms with Crippen molar-refractivity contribution in [2.24, 2.45) is 11.8 Å². The fourth-order valence-electron chi connectivity index (χ4n) is 1.95. The van der Waals surface area contributed by atoms with E-state index >= 15 is 0 Å². The van der Waals surface area contributed by atoms with Crippen molar-refractivity contribution in [3.05, 3.63) is 0 Å². The molecule has 1 rings (SSSR count). The molecule has 6 heteroatoms. The number of nitrogens with one attached hydrogen (secondary N) is 1. The van der Waals surface area contributed by atoms with Crippen LogP contribution in [0.5, 0.6) is 0 Å². The van der Waals surface area contributed by atoms with E-state index in [0.29, 0.717) is 13.0 Å². The number of carboxylic acids is 1. The van der Waals surface area contributed by atoms with Crippen LogP contribution in [-0.2, 0) is 19.1 Å². The fourth-order valence-corrected chi connectivity index (χ4v) is 1.95. The van der Waals surface area contributed by atoms with E-state index in [4.69, 9.17) is 9.84 Å². The Morgan fingerprint density at radius 2 is 2.24 bits per heavy atom. The molecule has 1 fully saturated rings. The van der Waals surface area contributed by atoms with Gasteiger partial charge in [0.2, 0.25) is 5.91 Å². The lowest BCUT2D eigenvalue weighted by Gasteiger charge is -2.19. The number of hydrogen-bond donors (Lipinski definition) is 2. The molecule has 1 heterocycles. The monoisotopic (exact) mass is 243 g/mol. The zero-order valence-corrected chi connectivity index (χ0v) is 9.77. The lowest BCUT2D eigenvalue weighted by molar-refractivity contribution is -0.163. The predicted octanol–water partition coefficient (Wildman–Crippen LogP) is 0.167. The third-order valence-corrected chi connectivity index (χ3v) is 2.79. The predicted molar refractivity (Wildman–Crippen MR) is 58.1 cm³/mol. The quantitative estimate of drug-likeness (QED) is 0.542. The number of carboxylic acid groups (broad SMARTS) is 1. The number of aliphatic carboxylic acids is 1. The van der Waals surface area contributed by atoms with Crippen LogP contribution in [0.4, 0.5) is 0 Å². The molecule has 2 unspecified atom stereocenters. The molecule has 6 nitrogen and oxygen atoms in total. The van der Waals surface area contributed by atoms with Gasteiger partial charge in [0.25, 0.3) is 0 Å². The standard InChI is InChI=1S/C11H17NO5/c1-2-17-11(16)8(10(14)15)7-5-3-4-6-12-9(7)13/h7-8H,2-6H2,1H3,(H,12,13)(H,14,15). The van der Waals surface area contributed by atoms with E-state index < -0.39 is 23.8 Å². The molecular weight excluding hydrogens is 226 g/mol. The second-order valence-electron chi connectivity index (χ2n) is 3.96. The summed E-state index contributed by atoms with van der Waals surface area (Å²) < 4.78 is 4.71. The molecule has 2 N–H and O–H groups in total. The van der Waals surface area contributed by atoms with Crippen LogP contribution in [0.25, 0.3) is 0 Å². The minimum Gasteiger partial charge on any atom is -0.481 e. The SMILES string of the molecule is CCOC(=O)C(C(=O)O)C1CCCCNC1=O. The molecule has 1 saturated heterocycles. The molecule has 2 atom stereocenters. The second kappa shape index (κ2) is 6.22. The first-order valence-electron chi connectivity index (χ1n) is 5.75. The summed E-state index contributed by atoms with van der Waals surface area (Å²) in [6.07, 6.45) is 1.94. The molecule has 1 aliphatic heterocycles. The smallest absolute Gasteiger partial charge is 0.321 e. The Labute approximate surface area is 99.3 Å². The van der Waals surface area contributed by atoms with Crippen molar-refractivity contribution in [2.45, 2.75) is 26.2 Å². The van der Waals surface area contributed by atoms with Gasteiger partial charge in [-0.2, -0.15) is 0 Å². The number of esters is 1. The van der Waals surface area contributed by atoms with Gasteiger partial charge in [-0.3, -0.25) is 14.4 Å². The van der Waals surface area contributed by atoms with Crippen LogP contribution < -0.4 is 5.32 Å². The van der Waals surface area contributed by atoms with Gasteiger partial charge in [0, 0.05) is 6.54 Å². The highest BCUT2D eigenvalue weighted by molar-refractivity contribution is 5.99. The average Bonchev–Trinajstić information content (AvgIpc) is 2.45. The molecule has 0 aliphatic carbocycles. The van der Waals surface area contributed by atoms with Crippen LogP contribution in [0.2, 0.25) is 0 Å².